The second-order valence-corrected chi connectivity index (χ2v) is 3.84. The van der Waals surface area contributed by atoms with Crippen LogP contribution in [0.1, 0.15) is 5.56 Å². The van der Waals surface area contributed by atoms with Crippen molar-refractivity contribution >= 4 is 10.4 Å². The van der Waals surface area contributed by atoms with Gasteiger partial charge in [-0.3, -0.25) is 4.55 Å². The number of aliphatic hydroxyl groups excluding tert-OH is 1. The summed E-state index contributed by atoms with van der Waals surface area (Å²) in [7, 11) is -4.85. The van der Waals surface area contributed by atoms with Gasteiger partial charge in [0.05, 0.1) is 0 Å². The Hall–Kier alpha value is -0.990. The van der Waals surface area contributed by atoms with Crippen LogP contribution in [-0.4, -0.2) is 29.8 Å². The van der Waals surface area contributed by atoms with Crippen LogP contribution in [0.15, 0.2) is 30.3 Å². The average Bonchev–Trinajstić information content (AvgIpc) is 2.16. The highest BCUT2D eigenvalue weighted by molar-refractivity contribution is 7.80. The molecule has 7 heteroatoms. The lowest BCUT2D eigenvalue weighted by Gasteiger charge is -2.23. The van der Waals surface area contributed by atoms with E-state index >= 15 is 0 Å². The molecule has 0 heterocycles. The Balaban J connectivity index is 3.06. The van der Waals surface area contributed by atoms with Crippen molar-refractivity contribution in [3.05, 3.63) is 35.9 Å². The van der Waals surface area contributed by atoms with E-state index in [4.69, 9.17) is 9.66 Å². The highest BCUT2D eigenvalue weighted by Gasteiger charge is 2.34. The van der Waals surface area contributed by atoms with Gasteiger partial charge >= 0.3 is 10.4 Å². The highest BCUT2D eigenvalue weighted by atomic mass is 32.3. The van der Waals surface area contributed by atoms with E-state index in [-0.39, 0.29) is 5.56 Å². The van der Waals surface area contributed by atoms with Crippen LogP contribution < -0.4 is 0 Å². The van der Waals surface area contributed by atoms with Gasteiger partial charge in [0.2, 0.25) is 5.79 Å². The molecule has 0 bridgehead atoms. The lowest BCUT2D eigenvalue weighted by molar-refractivity contribution is -0.174. The van der Waals surface area contributed by atoms with Crippen molar-refractivity contribution < 1.29 is 27.4 Å². The maximum absolute atomic E-state index is 10.4. The second kappa shape index (κ2) is 4.25. The minimum absolute atomic E-state index is 0.0186. The monoisotopic (exact) mass is 234 g/mol. The molecule has 0 aromatic heterocycles. The zero-order valence-electron chi connectivity index (χ0n) is 7.57. The summed E-state index contributed by atoms with van der Waals surface area (Å²) >= 11 is 0. The standard InChI is InChI=1S/C8H10O6S/c9-6-8(10,14-15(11,12)13)7-4-2-1-3-5-7/h1-5,9-10H,6H2,(H,11,12,13). The van der Waals surface area contributed by atoms with Gasteiger partial charge in [-0.25, -0.2) is 4.18 Å². The normalized spacial score (nSPS) is 15.9. The summed E-state index contributed by atoms with van der Waals surface area (Å²) in [5, 5.41) is 18.5. The van der Waals surface area contributed by atoms with Crippen molar-refractivity contribution in [1.29, 1.82) is 0 Å². The molecule has 0 fully saturated rings. The third-order valence-electron chi connectivity index (χ3n) is 1.68. The van der Waals surface area contributed by atoms with Crippen molar-refractivity contribution in [2.45, 2.75) is 5.79 Å². The molecule has 15 heavy (non-hydrogen) atoms. The largest absolute Gasteiger partial charge is 0.400 e. The lowest BCUT2D eigenvalue weighted by atomic mass is 10.1. The molecule has 1 aromatic carbocycles. The Morgan fingerprint density at radius 3 is 2.20 bits per heavy atom. The average molecular weight is 234 g/mol. The van der Waals surface area contributed by atoms with E-state index in [1.807, 2.05) is 0 Å². The first-order valence-corrected chi connectivity index (χ1v) is 5.31. The van der Waals surface area contributed by atoms with Crippen molar-refractivity contribution in [1.82, 2.24) is 0 Å². The Morgan fingerprint density at radius 1 is 1.27 bits per heavy atom. The summed E-state index contributed by atoms with van der Waals surface area (Å²) in [5.74, 6) is -2.46. The molecule has 0 radical (unpaired) electrons. The maximum atomic E-state index is 10.4. The zero-order valence-corrected chi connectivity index (χ0v) is 8.38. The predicted molar refractivity (Wildman–Crippen MR) is 50.1 cm³/mol. The van der Waals surface area contributed by atoms with Crippen LogP contribution >= 0.6 is 0 Å². The van der Waals surface area contributed by atoms with Gasteiger partial charge in [-0.15, -0.1) is 0 Å². The quantitative estimate of drug-likeness (QED) is 0.485. The van der Waals surface area contributed by atoms with Gasteiger partial charge in [-0.2, -0.15) is 8.42 Å². The summed E-state index contributed by atoms with van der Waals surface area (Å²) < 4.78 is 33.3. The van der Waals surface area contributed by atoms with E-state index in [0.29, 0.717) is 0 Å². The summed E-state index contributed by atoms with van der Waals surface area (Å²) in [6, 6.07) is 7.37. The Labute approximate surface area is 86.7 Å². The second-order valence-electron chi connectivity index (χ2n) is 2.82. The van der Waals surface area contributed by atoms with Crippen LogP contribution in [0, 0.1) is 0 Å². The molecule has 0 amide bonds. The molecule has 0 spiro atoms. The topological polar surface area (TPSA) is 104 Å². The van der Waals surface area contributed by atoms with E-state index in [9.17, 15) is 13.5 Å². The number of rotatable bonds is 4. The Bertz CT molecular complexity index is 414. The first kappa shape index (κ1) is 12.1. The fourth-order valence-electron chi connectivity index (χ4n) is 1.04. The van der Waals surface area contributed by atoms with E-state index in [1.165, 1.54) is 24.3 Å². The lowest BCUT2D eigenvalue weighted by Crippen LogP contribution is -2.35. The number of hydrogen-bond donors (Lipinski definition) is 3. The number of hydrogen-bond acceptors (Lipinski definition) is 5. The van der Waals surface area contributed by atoms with Gasteiger partial charge in [0.15, 0.2) is 0 Å². The fourth-order valence-corrected chi connectivity index (χ4v) is 1.54. The molecule has 1 unspecified atom stereocenters. The molecule has 0 aliphatic rings. The molecule has 0 saturated carbocycles. The fraction of sp³-hybridized carbons (Fsp3) is 0.250. The van der Waals surface area contributed by atoms with Crippen LogP contribution in [0.2, 0.25) is 0 Å². The molecule has 1 rings (SSSR count). The van der Waals surface area contributed by atoms with Crippen LogP contribution in [0.3, 0.4) is 0 Å². The van der Waals surface area contributed by atoms with E-state index in [2.05, 4.69) is 4.18 Å². The Morgan fingerprint density at radius 2 is 1.80 bits per heavy atom. The van der Waals surface area contributed by atoms with Crippen molar-refractivity contribution in [3.8, 4) is 0 Å². The maximum Gasteiger partial charge on any atom is 0.400 e. The van der Waals surface area contributed by atoms with E-state index in [0.717, 1.165) is 0 Å². The molecule has 0 aliphatic heterocycles. The van der Waals surface area contributed by atoms with Gasteiger partial charge in [0, 0.05) is 5.56 Å². The van der Waals surface area contributed by atoms with Gasteiger partial charge in [-0.05, 0) is 0 Å². The molecular weight excluding hydrogens is 224 g/mol. The Kier molecular flexibility index (Phi) is 3.42. The number of benzene rings is 1. The van der Waals surface area contributed by atoms with Crippen molar-refractivity contribution in [2.75, 3.05) is 6.61 Å². The van der Waals surface area contributed by atoms with Gasteiger partial charge in [0.25, 0.3) is 0 Å². The smallest absolute Gasteiger partial charge is 0.390 e. The molecular formula is C8H10O6S. The van der Waals surface area contributed by atoms with Gasteiger partial charge < -0.3 is 10.2 Å². The third kappa shape index (κ3) is 3.26. The zero-order chi connectivity index (χ0) is 11.5. The minimum Gasteiger partial charge on any atom is -0.390 e. The van der Waals surface area contributed by atoms with E-state index < -0.39 is 22.8 Å². The number of aliphatic hydroxyl groups is 2. The summed E-state index contributed by atoms with van der Waals surface area (Å²) in [5.41, 5.74) is 0.0186. The molecule has 1 atom stereocenters. The summed E-state index contributed by atoms with van der Waals surface area (Å²) in [4.78, 5) is 0. The van der Waals surface area contributed by atoms with Gasteiger partial charge in [-0.1, -0.05) is 30.3 Å². The van der Waals surface area contributed by atoms with Gasteiger partial charge in [0.1, 0.15) is 6.61 Å². The highest BCUT2D eigenvalue weighted by Crippen LogP contribution is 2.23. The third-order valence-corrected chi connectivity index (χ3v) is 2.17. The molecule has 1 aromatic rings. The van der Waals surface area contributed by atoms with Crippen LogP contribution in [0.5, 0.6) is 0 Å². The molecule has 0 saturated heterocycles. The molecule has 3 N–H and O–H groups in total. The summed E-state index contributed by atoms with van der Waals surface area (Å²) in [6.45, 7) is -1.00. The van der Waals surface area contributed by atoms with Crippen molar-refractivity contribution in [3.63, 3.8) is 0 Å². The van der Waals surface area contributed by atoms with Crippen molar-refractivity contribution in [2.24, 2.45) is 0 Å². The van der Waals surface area contributed by atoms with Crippen LogP contribution in [0.4, 0.5) is 0 Å². The van der Waals surface area contributed by atoms with Crippen LogP contribution in [0.25, 0.3) is 0 Å². The first-order valence-electron chi connectivity index (χ1n) is 3.94. The first-order chi connectivity index (χ1) is 6.87. The molecule has 84 valence electrons. The molecule has 6 nitrogen and oxygen atoms in total. The van der Waals surface area contributed by atoms with Crippen LogP contribution in [-0.2, 0) is 20.4 Å². The predicted octanol–water partition coefficient (Wildman–Crippen LogP) is -0.357. The SMILES string of the molecule is O=S(=O)(O)OC(O)(CO)c1ccccc1. The van der Waals surface area contributed by atoms with E-state index in [1.54, 1.807) is 6.07 Å². The minimum atomic E-state index is -4.85. The molecule has 0 aliphatic carbocycles. The summed E-state index contributed by atoms with van der Waals surface area (Å²) in [6.07, 6.45) is 0.